The summed E-state index contributed by atoms with van der Waals surface area (Å²) >= 11 is 1.32. The first-order valence-corrected chi connectivity index (χ1v) is 11.6. The average molecular weight is 470 g/mol. The fraction of sp³-hybridized carbons (Fsp3) is 0.0769. The van der Waals surface area contributed by atoms with E-state index < -0.39 is 0 Å². The summed E-state index contributed by atoms with van der Waals surface area (Å²) in [4.78, 5) is 24.4. The second-order valence-electron chi connectivity index (χ2n) is 7.38. The van der Waals surface area contributed by atoms with Crippen molar-refractivity contribution in [1.29, 1.82) is 0 Å². The lowest BCUT2D eigenvalue weighted by Crippen LogP contribution is -2.14. The third-order valence-electron chi connectivity index (χ3n) is 4.86. The third kappa shape index (κ3) is 6.20. The maximum Gasteiger partial charge on any atom is 0.248 e. The van der Waals surface area contributed by atoms with Crippen LogP contribution in [0.2, 0.25) is 0 Å². The van der Waals surface area contributed by atoms with E-state index in [1.807, 2.05) is 96.5 Å². The van der Waals surface area contributed by atoms with Crippen molar-refractivity contribution in [3.8, 4) is 11.4 Å². The summed E-state index contributed by atoms with van der Waals surface area (Å²) < 4.78 is 1.84. The second-order valence-corrected chi connectivity index (χ2v) is 8.32. The molecule has 0 saturated heterocycles. The van der Waals surface area contributed by atoms with Gasteiger partial charge >= 0.3 is 0 Å². The number of benzene rings is 3. The molecule has 4 rings (SSSR count). The first-order chi connectivity index (χ1) is 16.6. The lowest BCUT2D eigenvalue weighted by atomic mass is 10.2. The standard InChI is InChI=1S/C26H23N5O2S/c1-31-25(29-30-26(31)34-18-24(33)28-21-10-6-3-7-11-21)20-13-15-22(16-14-20)27-23(32)17-12-19-8-4-2-5-9-19/h2-17H,18H2,1H3,(H,27,32)(H,28,33). The van der Waals surface area contributed by atoms with Crippen LogP contribution in [-0.4, -0.2) is 32.3 Å². The summed E-state index contributed by atoms with van der Waals surface area (Å²) in [6.07, 6.45) is 3.27. The number of hydrogen-bond donors (Lipinski definition) is 2. The van der Waals surface area contributed by atoms with Gasteiger partial charge in [0.05, 0.1) is 5.75 Å². The SMILES string of the molecule is Cn1c(SCC(=O)Nc2ccccc2)nnc1-c1ccc(NC(=O)C=Cc2ccccc2)cc1. The van der Waals surface area contributed by atoms with Crippen molar-refractivity contribution >= 4 is 41.0 Å². The summed E-state index contributed by atoms with van der Waals surface area (Å²) in [6.45, 7) is 0. The highest BCUT2D eigenvalue weighted by molar-refractivity contribution is 7.99. The van der Waals surface area contributed by atoms with Gasteiger partial charge in [0, 0.05) is 30.1 Å². The maximum absolute atomic E-state index is 12.2. The molecule has 3 aromatic carbocycles. The van der Waals surface area contributed by atoms with Crippen LogP contribution in [0.3, 0.4) is 0 Å². The quantitative estimate of drug-likeness (QED) is 0.284. The van der Waals surface area contributed by atoms with Gasteiger partial charge in [-0.2, -0.15) is 0 Å². The van der Waals surface area contributed by atoms with Crippen molar-refractivity contribution in [2.45, 2.75) is 5.16 Å². The summed E-state index contributed by atoms with van der Waals surface area (Å²) in [5.41, 5.74) is 3.25. The molecule has 0 radical (unpaired) electrons. The van der Waals surface area contributed by atoms with Gasteiger partial charge < -0.3 is 15.2 Å². The number of carbonyl (C=O) groups is 2. The van der Waals surface area contributed by atoms with E-state index in [4.69, 9.17) is 0 Å². The number of rotatable bonds is 8. The lowest BCUT2D eigenvalue weighted by molar-refractivity contribution is -0.114. The number of amides is 2. The van der Waals surface area contributed by atoms with Crippen molar-refractivity contribution < 1.29 is 9.59 Å². The topological polar surface area (TPSA) is 88.9 Å². The number of anilines is 2. The molecule has 0 unspecified atom stereocenters. The van der Waals surface area contributed by atoms with Crippen LogP contribution in [0.1, 0.15) is 5.56 Å². The summed E-state index contributed by atoms with van der Waals surface area (Å²) in [5, 5.41) is 14.8. The van der Waals surface area contributed by atoms with Crippen LogP contribution in [0.15, 0.2) is 96.2 Å². The van der Waals surface area contributed by atoms with Crippen molar-refractivity contribution in [2.75, 3.05) is 16.4 Å². The van der Waals surface area contributed by atoms with Crippen LogP contribution < -0.4 is 10.6 Å². The minimum Gasteiger partial charge on any atom is -0.325 e. The Hall–Kier alpha value is -4.17. The third-order valence-corrected chi connectivity index (χ3v) is 5.88. The van der Waals surface area contributed by atoms with E-state index in [-0.39, 0.29) is 17.6 Å². The van der Waals surface area contributed by atoms with Gasteiger partial charge in [0.25, 0.3) is 0 Å². The predicted octanol–water partition coefficient (Wildman–Crippen LogP) is 4.86. The molecule has 0 aliphatic rings. The maximum atomic E-state index is 12.2. The Morgan fingerprint density at radius 1 is 0.853 bits per heavy atom. The molecule has 2 amide bonds. The van der Waals surface area contributed by atoms with E-state index >= 15 is 0 Å². The Balaban J connectivity index is 1.33. The predicted molar refractivity (Wildman–Crippen MR) is 136 cm³/mol. The number of nitrogens with one attached hydrogen (secondary N) is 2. The smallest absolute Gasteiger partial charge is 0.248 e. The molecule has 0 atom stereocenters. The lowest BCUT2D eigenvalue weighted by Gasteiger charge is -2.06. The van der Waals surface area contributed by atoms with Crippen molar-refractivity contribution in [3.63, 3.8) is 0 Å². The van der Waals surface area contributed by atoms with Crippen LogP contribution in [0.4, 0.5) is 11.4 Å². The number of thioether (sulfide) groups is 1. The number of para-hydroxylation sites is 1. The van der Waals surface area contributed by atoms with E-state index in [2.05, 4.69) is 20.8 Å². The van der Waals surface area contributed by atoms with Crippen molar-refractivity contribution in [2.24, 2.45) is 7.05 Å². The zero-order valence-corrected chi connectivity index (χ0v) is 19.3. The first-order valence-electron chi connectivity index (χ1n) is 10.6. The van der Waals surface area contributed by atoms with Gasteiger partial charge in [-0.15, -0.1) is 10.2 Å². The number of hydrogen-bond acceptors (Lipinski definition) is 5. The number of carbonyl (C=O) groups excluding carboxylic acids is 2. The highest BCUT2D eigenvalue weighted by Gasteiger charge is 2.13. The molecule has 0 fully saturated rings. The largest absolute Gasteiger partial charge is 0.325 e. The zero-order valence-electron chi connectivity index (χ0n) is 18.5. The molecule has 1 heterocycles. The van der Waals surface area contributed by atoms with Crippen LogP contribution in [0.25, 0.3) is 17.5 Å². The summed E-state index contributed by atoms with van der Waals surface area (Å²) in [5.74, 6) is 0.584. The molecule has 170 valence electrons. The monoisotopic (exact) mass is 469 g/mol. The molecule has 0 bridgehead atoms. The first kappa shape index (κ1) is 23.0. The van der Waals surface area contributed by atoms with Crippen LogP contribution in [0, 0.1) is 0 Å². The molecular formula is C26H23N5O2S. The van der Waals surface area contributed by atoms with E-state index in [9.17, 15) is 9.59 Å². The van der Waals surface area contributed by atoms with Gasteiger partial charge in [0.1, 0.15) is 0 Å². The molecule has 0 aliphatic heterocycles. The van der Waals surface area contributed by atoms with Gasteiger partial charge in [-0.3, -0.25) is 9.59 Å². The van der Waals surface area contributed by atoms with Crippen LogP contribution in [0.5, 0.6) is 0 Å². The zero-order chi connectivity index (χ0) is 23.8. The summed E-state index contributed by atoms with van der Waals surface area (Å²) in [6, 6.07) is 26.3. The Labute approximate surface area is 201 Å². The highest BCUT2D eigenvalue weighted by atomic mass is 32.2. The van der Waals surface area contributed by atoms with E-state index in [1.54, 1.807) is 6.08 Å². The molecule has 8 heteroatoms. The molecule has 0 spiro atoms. The second kappa shape index (κ2) is 11.1. The molecule has 34 heavy (non-hydrogen) atoms. The van der Waals surface area contributed by atoms with Gasteiger partial charge in [-0.25, -0.2) is 0 Å². The fourth-order valence-electron chi connectivity index (χ4n) is 3.16. The van der Waals surface area contributed by atoms with Crippen molar-refractivity contribution in [3.05, 3.63) is 96.6 Å². The van der Waals surface area contributed by atoms with Gasteiger partial charge in [0.2, 0.25) is 11.8 Å². The highest BCUT2D eigenvalue weighted by Crippen LogP contribution is 2.24. The van der Waals surface area contributed by atoms with Crippen LogP contribution in [-0.2, 0) is 16.6 Å². The molecule has 7 nitrogen and oxygen atoms in total. The van der Waals surface area contributed by atoms with Gasteiger partial charge in [-0.1, -0.05) is 60.3 Å². The van der Waals surface area contributed by atoms with Crippen molar-refractivity contribution in [1.82, 2.24) is 14.8 Å². The fourth-order valence-corrected chi connectivity index (χ4v) is 3.87. The van der Waals surface area contributed by atoms with Gasteiger partial charge in [-0.05, 0) is 48.0 Å². The Bertz CT molecular complexity index is 1290. The molecule has 2 N–H and O–H groups in total. The average Bonchev–Trinajstić information content (AvgIpc) is 3.23. The number of nitrogens with zero attached hydrogens (tertiary/aromatic N) is 3. The molecule has 4 aromatic rings. The Kier molecular flexibility index (Phi) is 7.52. The van der Waals surface area contributed by atoms with Gasteiger partial charge in [0.15, 0.2) is 11.0 Å². The molecular weight excluding hydrogens is 446 g/mol. The minimum atomic E-state index is -0.206. The summed E-state index contributed by atoms with van der Waals surface area (Å²) in [7, 11) is 1.86. The molecule has 0 saturated carbocycles. The molecule has 0 aliphatic carbocycles. The van der Waals surface area contributed by atoms with E-state index in [0.717, 1.165) is 16.8 Å². The normalized spacial score (nSPS) is 10.9. The molecule has 1 aromatic heterocycles. The Morgan fingerprint density at radius 3 is 2.21 bits per heavy atom. The van der Waals surface area contributed by atoms with E-state index in [1.165, 1.54) is 17.8 Å². The number of aromatic nitrogens is 3. The minimum absolute atomic E-state index is 0.109. The van der Waals surface area contributed by atoms with E-state index in [0.29, 0.717) is 16.7 Å². The Morgan fingerprint density at radius 2 is 1.50 bits per heavy atom. The van der Waals surface area contributed by atoms with Crippen LogP contribution >= 0.6 is 11.8 Å².